The van der Waals surface area contributed by atoms with E-state index in [1.807, 2.05) is 0 Å². The standard InChI is InChI=1S/C9H17B/c1-3-8-4-2-6-9(5-1)10-7-8/h8-10H,1-7H2. The molecule has 0 radical (unpaired) electrons. The van der Waals surface area contributed by atoms with E-state index in [4.69, 9.17) is 0 Å². The fraction of sp³-hybridized carbons (Fsp3) is 1.00. The number of rotatable bonds is 0. The molecule has 2 fully saturated rings. The first-order chi connectivity index (χ1) is 4.95. The number of hydrogen-bond acceptors (Lipinski definition) is 0. The molecule has 2 aliphatic heterocycles. The van der Waals surface area contributed by atoms with E-state index < -0.39 is 0 Å². The van der Waals surface area contributed by atoms with Gasteiger partial charge < -0.3 is 0 Å². The first-order valence-corrected chi connectivity index (χ1v) is 4.95. The van der Waals surface area contributed by atoms with Crippen LogP contribution in [-0.4, -0.2) is 7.28 Å². The molecule has 56 valence electrons. The molecule has 0 N–H and O–H groups in total. The van der Waals surface area contributed by atoms with Crippen molar-refractivity contribution in [1.82, 2.24) is 0 Å². The van der Waals surface area contributed by atoms with Gasteiger partial charge in [-0.1, -0.05) is 50.7 Å². The largest absolute Gasteiger partial charge is 0.124 e. The average molecular weight is 136 g/mol. The normalized spacial score (nSPS) is 40.0. The maximum Gasteiger partial charge on any atom is 0.124 e. The molecular weight excluding hydrogens is 119 g/mol. The average Bonchev–Trinajstić information content (AvgIpc) is 2.17. The fourth-order valence-corrected chi connectivity index (χ4v) is 2.73. The lowest BCUT2D eigenvalue weighted by molar-refractivity contribution is 0.425. The van der Waals surface area contributed by atoms with E-state index in [0.29, 0.717) is 0 Å². The second-order valence-corrected chi connectivity index (χ2v) is 4.17. The smallest absolute Gasteiger partial charge is 0.0744 e. The SMILES string of the molecule is B1CC2CCCC1CCC2. The molecule has 2 saturated heterocycles. The van der Waals surface area contributed by atoms with Crippen LogP contribution in [0.4, 0.5) is 0 Å². The quantitative estimate of drug-likeness (QED) is 0.449. The van der Waals surface area contributed by atoms with E-state index in [-0.39, 0.29) is 0 Å². The van der Waals surface area contributed by atoms with Crippen molar-refractivity contribution in [2.24, 2.45) is 5.92 Å². The summed E-state index contributed by atoms with van der Waals surface area (Å²) >= 11 is 0. The van der Waals surface area contributed by atoms with Crippen LogP contribution in [-0.2, 0) is 0 Å². The topological polar surface area (TPSA) is 0 Å². The minimum absolute atomic E-state index is 1.13. The summed E-state index contributed by atoms with van der Waals surface area (Å²) in [4.78, 5) is 0. The van der Waals surface area contributed by atoms with Gasteiger partial charge in [0.1, 0.15) is 7.28 Å². The van der Waals surface area contributed by atoms with E-state index in [1.54, 1.807) is 39.3 Å². The van der Waals surface area contributed by atoms with E-state index in [1.165, 1.54) is 12.8 Å². The van der Waals surface area contributed by atoms with Gasteiger partial charge in [-0.15, -0.1) is 0 Å². The first kappa shape index (κ1) is 6.76. The Bertz CT molecular complexity index is 89.3. The molecule has 0 spiro atoms. The Morgan fingerprint density at radius 1 is 0.900 bits per heavy atom. The zero-order valence-corrected chi connectivity index (χ0v) is 6.81. The van der Waals surface area contributed by atoms with E-state index in [9.17, 15) is 0 Å². The molecule has 2 bridgehead atoms. The molecule has 2 aliphatic rings. The highest BCUT2D eigenvalue weighted by Crippen LogP contribution is 2.36. The van der Waals surface area contributed by atoms with Crippen molar-refractivity contribution in [1.29, 1.82) is 0 Å². The van der Waals surface area contributed by atoms with Crippen LogP contribution in [0.1, 0.15) is 38.5 Å². The summed E-state index contributed by atoms with van der Waals surface area (Å²) in [6.45, 7) is 0. The Morgan fingerprint density at radius 2 is 1.60 bits per heavy atom. The number of hydrogen-bond donors (Lipinski definition) is 0. The molecule has 2 heterocycles. The minimum atomic E-state index is 1.13. The zero-order chi connectivity index (χ0) is 6.81. The third kappa shape index (κ3) is 1.38. The van der Waals surface area contributed by atoms with Crippen molar-refractivity contribution >= 4 is 7.28 Å². The summed E-state index contributed by atoms with van der Waals surface area (Å²) < 4.78 is 0. The Balaban J connectivity index is 2.01. The molecule has 0 unspecified atom stereocenters. The van der Waals surface area contributed by atoms with Gasteiger partial charge in [0.25, 0.3) is 0 Å². The van der Waals surface area contributed by atoms with Crippen LogP contribution >= 0.6 is 0 Å². The molecule has 0 nitrogen and oxygen atoms in total. The Labute approximate surface area is 64.6 Å². The zero-order valence-electron chi connectivity index (χ0n) is 6.81. The van der Waals surface area contributed by atoms with Crippen LogP contribution in [0.25, 0.3) is 0 Å². The van der Waals surface area contributed by atoms with E-state index in [0.717, 1.165) is 11.7 Å². The summed E-state index contributed by atoms with van der Waals surface area (Å²) in [6, 6.07) is 0. The van der Waals surface area contributed by atoms with Crippen molar-refractivity contribution in [3.05, 3.63) is 0 Å². The summed E-state index contributed by atoms with van der Waals surface area (Å²) in [5.74, 6) is 2.26. The monoisotopic (exact) mass is 136 g/mol. The van der Waals surface area contributed by atoms with Gasteiger partial charge in [-0.2, -0.15) is 0 Å². The van der Waals surface area contributed by atoms with Crippen LogP contribution in [0.15, 0.2) is 0 Å². The van der Waals surface area contributed by atoms with Crippen molar-refractivity contribution in [3.8, 4) is 0 Å². The molecule has 10 heavy (non-hydrogen) atoms. The van der Waals surface area contributed by atoms with Gasteiger partial charge in [0.05, 0.1) is 0 Å². The van der Waals surface area contributed by atoms with E-state index >= 15 is 0 Å². The molecule has 0 aromatic heterocycles. The summed E-state index contributed by atoms with van der Waals surface area (Å²) in [5.41, 5.74) is 0. The maximum absolute atomic E-state index is 1.56. The van der Waals surface area contributed by atoms with E-state index in [2.05, 4.69) is 0 Å². The Kier molecular flexibility index (Phi) is 2.01. The van der Waals surface area contributed by atoms with Gasteiger partial charge in [0, 0.05) is 0 Å². The van der Waals surface area contributed by atoms with Crippen molar-refractivity contribution < 1.29 is 0 Å². The summed E-state index contributed by atoms with van der Waals surface area (Å²) in [5, 5.41) is 0. The molecule has 0 aromatic carbocycles. The highest BCUT2D eigenvalue weighted by molar-refractivity contribution is 6.37. The molecule has 1 heteroatoms. The molecular formula is C9H17B. The molecule has 0 amide bonds. The summed E-state index contributed by atoms with van der Waals surface area (Å²) in [7, 11) is 1.56. The Hall–Kier alpha value is 0.0649. The van der Waals surface area contributed by atoms with Crippen LogP contribution in [0.5, 0.6) is 0 Å². The maximum atomic E-state index is 1.56. The number of fused-ring (bicyclic) bond motifs is 3. The van der Waals surface area contributed by atoms with Crippen LogP contribution in [0.2, 0.25) is 12.1 Å². The second-order valence-electron chi connectivity index (χ2n) is 4.17. The van der Waals surface area contributed by atoms with Gasteiger partial charge in [-0.25, -0.2) is 0 Å². The van der Waals surface area contributed by atoms with Gasteiger partial charge in [-0.3, -0.25) is 0 Å². The van der Waals surface area contributed by atoms with Crippen LogP contribution in [0.3, 0.4) is 0 Å². The van der Waals surface area contributed by atoms with Crippen LogP contribution < -0.4 is 0 Å². The van der Waals surface area contributed by atoms with Crippen molar-refractivity contribution in [3.63, 3.8) is 0 Å². The van der Waals surface area contributed by atoms with Gasteiger partial charge in [0.15, 0.2) is 0 Å². The third-order valence-electron chi connectivity index (χ3n) is 3.43. The lowest BCUT2D eigenvalue weighted by Crippen LogP contribution is -1.98. The summed E-state index contributed by atoms with van der Waals surface area (Å²) in [6.07, 6.45) is 10.8. The van der Waals surface area contributed by atoms with Crippen LogP contribution in [0, 0.1) is 5.92 Å². The predicted octanol–water partition coefficient (Wildman–Crippen LogP) is 2.61. The molecule has 0 aromatic rings. The lowest BCUT2D eigenvalue weighted by Gasteiger charge is -2.14. The van der Waals surface area contributed by atoms with Gasteiger partial charge in [-0.05, 0) is 5.92 Å². The highest BCUT2D eigenvalue weighted by Gasteiger charge is 2.23. The predicted molar refractivity (Wildman–Crippen MR) is 46.9 cm³/mol. The van der Waals surface area contributed by atoms with Gasteiger partial charge in [0.2, 0.25) is 0 Å². The molecule has 2 rings (SSSR count). The molecule has 0 aliphatic carbocycles. The Morgan fingerprint density at radius 3 is 2.30 bits per heavy atom. The first-order valence-electron chi connectivity index (χ1n) is 4.95. The molecule has 0 saturated carbocycles. The lowest BCUT2D eigenvalue weighted by atomic mass is 9.60. The second kappa shape index (κ2) is 2.98. The third-order valence-corrected chi connectivity index (χ3v) is 3.43. The fourth-order valence-electron chi connectivity index (χ4n) is 2.73. The minimum Gasteiger partial charge on any atom is -0.0744 e. The highest BCUT2D eigenvalue weighted by atomic mass is 14.2. The molecule has 0 atom stereocenters. The van der Waals surface area contributed by atoms with Crippen molar-refractivity contribution in [2.45, 2.75) is 50.7 Å². The van der Waals surface area contributed by atoms with Crippen molar-refractivity contribution in [2.75, 3.05) is 0 Å². The van der Waals surface area contributed by atoms with Gasteiger partial charge >= 0.3 is 0 Å².